The third kappa shape index (κ3) is 4.37. The van der Waals surface area contributed by atoms with Gasteiger partial charge in [-0.3, -0.25) is 14.6 Å². The predicted molar refractivity (Wildman–Crippen MR) is 133 cm³/mol. The van der Waals surface area contributed by atoms with Gasteiger partial charge >= 0.3 is 5.97 Å². The van der Waals surface area contributed by atoms with Crippen molar-refractivity contribution in [2.75, 3.05) is 27.6 Å². The van der Waals surface area contributed by atoms with Crippen LogP contribution in [0.2, 0.25) is 0 Å². The van der Waals surface area contributed by atoms with Gasteiger partial charge in [-0.25, -0.2) is 0 Å². The van der Waals surface area contributed by atoms with Gasteiger partial charge in [0.05, 0.1) is 21.3 Å². The summed E-state index contributed by atoms with van der Waals surface area (Å²) in [6.45, 7) is 1.85. The van der Waals surface area contributed by atoms with E-state index in [2.05, 4.69) is 0 Å². The Kier molecular flexibility index (Phi) is 7.12. The molecule has 1 aliphatic carbocycles. The second-order valence-electron chi connectivity index (χ2n) is 8.51. The smallest absolute Gasteiger partial charge is 0.315 e. The average molecular weight is 480 g/mol. The molecule has 2 aliphatic rings. The van der Waals surface area contributed by atoms with Crippen LogP contribution in [-0.4, -0.2) is 45.0 Å². The topological polar surface area (TPSA) is 74.2 Å². The maximum Gasteiger partial charge on any atom is 0.315 e. The number of rotatable bonds is 6. The van der Waals surface area contributed by atoms with Gasteiger partial charge in [0.2, 0.25) is 0 Å². The number of hydrogen-bond acceptors (Lipinski definition) is 7. The molecule has 178 valence electrons. The third-order valence-corrected chi connectivity index (χ3v) is 7.44. The maximum atomic E-state index is 13.6. The highest BCUT2D eigenvalue weighted by atomic mass is 32.2. The number of methoxy groups -OCH3 is 3. The van der Waals surface area contributed by atoms with Gasteiger partial charge in [-0.2, -0.15) is 0 Å². The molecule has 0 radical (unpaired) electrons. The fourth-order valence-electron chi connectivity index (χ4n) is 5.01. The van der Waals surface area contributed by atoms with E-state index >= 15 is 0 Å². The fourth-order valence-corrected chi connectivity index (χ4v) is 5.41. The molecule has 4 rings (SSSR count). The molecule has 2 aromatic carbocycles. The van der Waals surface area contributed by atoms with E-state index in [1.807, 2.05) is 55.6 Å². The molecule has 3 atom stereocenters. The van der Waals surface area contributed by atoms with E-state index in [1.165, 1.54) is 7.11 Å². The van der Waals surface area contributed by atoms with Crippen molar-refractivity contribution in [2.45, 2.75) is 36.5 Å². The van der Waals surface area contributed by atoms with Crippen LogP contribution in [0.5, 0.6) is 11.5 Å². The molecule has 0 amide bonds. The molecule has 0 spiro atoms. The Bertz CT molecular complexity index is 1170. The van der Waals surface area contributed by atoms with Gasteiger partial charge in [-0.1, -0.05) is 18.2 Å². The fraction of sp³-hybridized carbons (Fsp3) is 0.370. The Morgan fingerprint density at radius 1 is 0.971 bits per heavy atom. The summed E-state index contributed by atoms with van der Waals surface area (Å²) in [7, 11) is 4.58. The van der Waals surface area contributed by atoms with Crippen molar-refractivity contribution >= 4 is 29.2 Å². The second-order valence-corrected chi connectivity index (χ2v) is 9.39. The largest absolute Gasteiger partial charge is 0.493 e. The molecule has 0 aromatic heterocycles. The zero-order valence-electron chi connectivity index (χ0n) is 20.1. The standard InChI is InChI=1S/C27H29NO5S/c1-15-24(27(30)33-4)25(16-6-9-19(34-5)10-7-16)26-20(28-15)12-18(13-21(26)29)17-8-11-22(31-2)23(14-17)32-3/h6-11,14,18,24-25H,12-13H2,1-5H3/t18-,24?,25+/m0/s1. The number of aliphatic imine (C=N–C) groups is 1. The maximum absolute atomic E-state index is 13.6. The Morgan fingerprint density at radius 3 is 2.26 bits per heavy atom. The van der Waals surface area contributed by atoms with E-state index in [9.17, 15) is 9.59 Å². The number of nitrogens with zero attached hydrogens (tertiary/aromatic N) is 1. The van der Waals surface area contributed by atoms with Crippen molar-refractivity contribution in [3.05, 3.63) is 64.9 Å². The molecular formula is C27H29NO5S. The van der Waals surface area contributed by atoms with Gasteiger partial charge in [-0.05, 0) is 60.9 Å². The van der Waals surface area contributed by atoms with Crippen molar-refractivity contribution in [1.82, 2.24) is 0 Å². The number of allylic oxidation sites excluding steroid dienone is 2. The number of ketones is 1. The predicted octanol–water partition coefficient (Wildman–Crippen LogP) is 5.17. The first-order valence-electron chi connectivity index (χ1n) is 11.2. The highest BCUT2D eigenvalue weighted by Crippen LogP contribution is 2.47. The lowest BCUT2D eigenvalue weighted by atomic mass is 9.69. The minimum absolute atomic E-state index is 0.0186. The van der Waals surface area contributed by atoms with Crippen LogP contribution in [0.3, 0.4) is 0 Å². The number of esters is 1. The van der Waals surface area contributed by atoms with Crippen LogP contribution in [0, 0.1) is 5.92 Å². The molecule has 0 fully saturated rings. The Hall–Kier alpha value is -3.06. The molecule has 0 N–H and O–H groups in total. The first-order valence-corrected chi connectivity index (χ1v) is 12.4. The van der Waals surface area contributed by atoms with Crippen molar-refractivity contribution in [1.29, 1.82) is 0 Å². The van der Waals surface area contributed by atoms with E-state index in [0.29, 0.717) is 35.6 Å². The first kappa shape index (κ1) is 24.1. The molecule has 1 unspecified atom stereocenters. The molecule has 1 aliphatic heterocycles. The highest BCUT2D eigenvalue weighted by molar-refractivity contribution is 7.98. The van der Waals surface area contributed by atoms with Gasteiger partial charge < -0.3 is 14.2 Å². The quantitative estimate of drug-likeness (QED) is 0.420. The first-order chi connectivity index (χ1) is 16.4. The number of carbonyl (C=O) groups is 2. The summed E-state index contributed by atoms with van der Waals surface area (Å²) in [6, 6.07) is 13.8. The lowest BCUT2D eigenvalue weighted by Crippen LogP contribution is -2.37. The van der Waals surface area contributed by atoms with Crippen molar-refractivity contribution in [2.24, 2.45) is 10.9 Å². The van der Waals surface area contributed by atoms with Crippen molar-refractivity contribution < 1.29 is 23.8 Å². The number of Topliss-reactive ketones (excluding diaryl/α,β-unsaturated/α-hetero) is 1. The van der Waals surface area contributed by atoms with Gasteiger partial charge in [0, 0.05) is 34.2 Å². The van der Waals surface area contributed by atoms with Crippen LogP contribution in [0.1, 0.15) is 42.7 Å². The summed E-state index contributed by atoms with van der Waals surface area (Å²) in [4.78, 5) is 32.3. The lowest BCUT2D eigenvalue weighted by molar-refractivity contribution is -0.143. The molecule has 1 heterocycles. The van der Waals surface area contributed by atoms with Gasteiger partial charge in [0.1, 0.15) is 5.92 Å². The van der Waals surface area contributed by atoms with E-state index in [1.54, 1.807) is 26.0 Å². The number of carbonyl (C=O) groups excluding carboxylic acids is 2. The SMILES string of the molecule is COC(=O)C1C(C)=NC2=C(C(=O)C[C@@H](c3ccc(OC)c(OC)c3)C2)[C@@H]1c1ccc(SC)cc1. The Balaban J connectivity index is 1.77. The summed E-state index contributed by atoms with van der Waals surface area (Å²) < 4.78 is 15.9. The van der Waals surface area contributed by atoms with Gasteiger partial charge in [0.25, 0.3) is 0 Å². The summed E-state index contributed by atoms with van der Waals surface area (Å²) >= 11 is 1.65. The van der Waals surface area contributed by atoms with E-state index < -0.39 is 11.8 Å². The van der Waals surface area contributed by atoms with E-state index in [-0.39, 0.29) is 17.7 Å². The molecular weight excluding hydrogens is 450 g/mol. The second kappa shape index (κ2) is 10.1. The summed E-state index contributed by atoms with van der Waals surface area (Å²) in [6.07, 6.45) is 2.97. The van der Waals surface area contributed by atoms with Crippen LogP contribution in [0.4, 0.5) is 0 Å². The van der Waals surface area contributed by atoms with Gasteiger partial charge in [-0.15, -0.1) is 11.8 Å². The zero-order chi connectivity index (χ0) is 24.4. The minimum atomic E-state index is -0.620. The Labute approximate surface area is 204 Å². The summed E-state index contributed by atoms with van der Waals surface area (Å²) in [5.74, 6) is -0.133. The number of benzene rings is 2. The molecule has 6 nitrogen and oxygen atoms in total. The summed E-state index contributed by atoms with van der Waals surface area (Å²) in [5.41, 5.74) is 3.99. The Morgan fingerprint density at radius 2 is 1.65 bits per heavy atom. The zero-order valence-corrected chi connectivity index (χ0v) is 20.9. The van der Waals surface area contributed by atoms with Crippen LogP contribution in [0.15, 0.2) is 63.6 Å². The van der Waals surface area contributed by atoms with Crippen LogP contribution < -0.4 is 9.47 Å². The molecule has 7 heteroatoms. The lowest BCUT2D eigenvalue weighted by Gasteiger charge is -2.36. The molecule has 2 aromatic rings. The minimum Gasteiger partial charge on any atom is -0.493 e. The monoisotopic (exact) mass is 479 g/mol. The number of thioether (sulfide) groups is 1. The highest BCUT2D eigenvalue weighted by Gasteiger charge is 2.44. The van der Waals surface area contributed by atoms with Crippen molar-refractivity contribution in [3.63, 3.8) is 0 Å². The van der Waals surface area contributed by atoms with Crippen LogP contribution in [0.25, 0.3) is 0 Å². The van der Waals surface area contributed by atoms with Crippen LogP contribution in [-0.2, 0) is 14.3 Å². The molecule has 0 saturated heterocycles. The van der Waals surface area contributed by atoms with Crippen LogP contribution >= 0.6 is 11.8 Å². The van der Waals surface area contributed by atoms with E-state index in [4.69, 9.17) is 19.2 Å². The third-order valence-electron chi connectivity index (χ3n) is 6.70. The van der Waals surface area contributed by atoms with E-state index in [0.717, 1.165) is 21.7 Å². The average Bonchev–Trinajstić information content (AvgIpc) is 2.86. The normalized spacial score (nSPS) is 22.1. The summed E-state index contributed by atoms with van der Waals surface area (Å²) in [5, 5.41) is 0. The van der Waals surface area contributed by atoms with Crippen molar-refractivity contribution in [3.8, 4) is 11.5 Å². The number of ether oxygens (including phenoxy) is 3. The molecule has 0 saturated carbocycles. The molecule has 0 bridgehead atoms. The molecule has 34 heavy (non-hydrogen) atoms. The van der Waals surface area contributed by atoms with Gasteiger partial charge in [0.15, 0.2) is 17.3 Å². The number of hydrogen-bond donors (Lipinski definition) is 0.